The summed E-state index contributed by atoms with van der Waals surface area (Å²) in [6.07, 6.45) is 0.883. The molecule has 3 nitrogen and oxygen atoms in total. The molecule has 0 amide bonds. The summed E-state index contributed by atoms with van der Waals surface area (Å²) in [5.41, 5.74) is 1.95. The summed E-state index contributed by atoms with van der Waals surface area (Å²) in [6, 6.07) is 7.45. The molecule has 0 heterocycles. The van der Waals surface area contributed by atoms with Crippen molar-refractivity contribution in [2.75, 3.05) is 6.67 Å². The van der Waals surface area contributed by atoms with Crippen molar-refractivity contribution in [3.05, 3.63) is 35.4 Å². The maximum absolute atomic E-state index is 12.2. The Balaban J connectivity index is 2.79. The van der Waals surface area contributed by atoms with Gasteiger partial charge < -0.3 is 0 Å². The highest BCUT2D eigenvalue weighted by Crippen LogP contribution is 2.14. The molecule has 5 heteroatoms. The van der Waals surface area contributed by atoms with E-state index in [9.17, 15) is 12.8 Å². The highest BCUT2D eigenvalue weighted by molar-refractivity contribution is 7.86. The highest BCUT2D eigenvalue weighted by atomic mass is 32.2. The van der Waals surface area contributed by atoms with Gasteiger partial charge in [-0.15, -0.1) is 0 Å². The van der Waals surface area contributed by atoms with Crippen molar-refractivity contribution >= 4 is 10.1 Å². The summed E-state index contributed by atoms with van der Waals surface area (Å²) < 4.78 is 43.3. The van der Waals surface area contributed by atoms with Gasteiger partial charge in [-0.1, -0.05) is 31.2 Å². The maximum atomic E-state index is 12.2. The van der Waals surface area contributed by atoms with E-state index in [4.69, 9.17) is 4.55 Å². The molecule has 96 valence electrons. The van der Waals surface area contributed by atoms with Crippen LogP contribution in [0.5, 0.6) is 0 Å². The molecule has 1 unspecified atom stereocenters. The molecule has 0 bridgehead atoms. The lowest BCUT2D eigenvalue weighted by Crippen LogP contribution is -2.23. The predicted octanol–water partition coefficient (Wildman–Crippen LogP) is 2.41. The van der Waals surface area contributed by atoms with Gasteiger partial charge in [0.05, 0.1) is 11.9 Å². The number of aryl methyl sites for hydroxylation is 1. The van der Waals surface area contributed by atoms with Crippen LogP contribution in [0.4, 0.5) is 4.39 Å². The van der Waals surface area contributed by atoms with E-state index in [1.807, 2.05) is 31.2 Å². The first kappa shape index (κ1) is 14.1. The van der Waals surface area contributed by atoms with Gasteiger partial charge in [-0.2, -0.15) is 8.42 Å². The van der Waals surface area contributed by atoms with E-state index in [2.05, 4.69) is 0 Å². The summed E-state index contributed by atoms with van der Waals surface area (Å²) in [6.45, 7) is 1.27. The fraction of sp³-hybridized carbons (Fsp3) is 0.500. The van der Waals surface area contributed by atoms with Gasteiger partial charge in [0.2, 0.25) is 0 Å². The van der Waals surface area contributed by atoms with E-state index in [-0.39, 0.29) is 12.8 Å². The molecule has 0 radical (unpaired) electrons. The number of benzene rings is 1. The van der Waals surface area contributed by atoms with E-state index in [0.717, 1.165) is 17.5 Å². The summed E-state index contributed by atoms with van der Waals surface area (Å²) in [5, 5.41) is -1.06. The van der Waals surface area contributed by atoms with Gasteiger partial charge in [-0.3, -0.25) is 8.94 Å². The lowest BCUT2D eigenvalue weighted by Gasteiger charge is -2.12. The van der Waals surface area contributed by atoms with Crippen LogP contribution in [0.1, 0.15) is 24.5 Å². The van der Waals surface area contributed by atoms with E-state index in [1.165, 1.54) is 0 Å². The van der Waals surface area contributed by atoms with Gasteiger partial charge in [-0.25, -0.2) is 0 Å². The first-order chi connectivity index (χ1) is 7.97. The molecule has 0 saturated carbocycles. The lowest BCUT2D eigenvalue weighted by molar-refractivity contribution is 0.425. The Hall–Kier alpha value is -0.940. The normalized spacial score (nSPS) is 13.6. The largest absolute Gasteiger partial charge is 0.285 e. The van der Waals surface area contributed by atoms with Gasteiger partial charge in [0.15, 0.2) is 0 Å². The molecule has 0 saturated heterocycles. The SMILES string of the molecule is CCc1ccc(CC(CCF)S(=O)(=O)O)cc1. The molecule has 1 aromatic rings. The molecule has 1 aromatic carbocycles. The number of alkyl halides is 1. The molecule has 0 aliphatic carbocycles. The number of halogens is 1. The summed E-state index contributed by atoms with van der Waals surface area (Å²) in [4.78, 5) is 0. The van der Waals surface area contributed by atoms with Crippen LogP contribution in [0, 0.1) is 0 Å². The molecule has 1 N–H and O–H groups in total. The zero-order valence-corrected chi connectivity index (χ0v) is 10.6. The minimum absolute atomic E-state index is 0.146. The highest BCUT2D eigenvalue weighted by Gasteiger charge is 2.22. The van der Waals surface area contributed by atoms with Gasteiger partial charge in [0.25, 0.3) is 10.1 Å². The van der Waals surface area contributed by atoms with Crippen LogP contribution in [-0.2, 0) is 23.0 Å². The maximum Gasteiger partial charge on any atom is 0.268 e. The van der Waals surface area contributed by atoms with Crippen molar-refractivity contribution < 1.29 is 17.4 Å². The third-order valence-corrected chi connectivity index (χ3v) is 3.99. The molecule has 1 rings (SSSR count). The van der Waals surface area contributed by atoms with Crippen molar-refractivity contribution in [1.82, 2.24) is 0 Å². The Morgan fingerprint density at radius 1 is 1.24 bits per heavy atom. The Morgan fingerprint density at radius 3 is 2.18 bits per heavy atom. The van der Waals surface area contributed by atoms with E-state index in [0.29, 0.717) is 0 Å². The fourth-order valence-corrected chi connectivity index (χ4v) is 2.44. The topological polar surface area (TPSA) is 54.4 Å². The Morgan fingerprint density at radius 2 is 1.76 bits per heavy atom. The van der Waals surface area contributed by atoms with Crippen molar-refractivity contribution in [1.29, 1.82) is 0 Å². The molecule has 17 heavy (non-hydrogen) atoms. The predicted molar refractivity (Wildman–Crippen MR) is 65.5 cm³/mol. The number of rotatable bonds is 6. The minimum atomic E-state index is -4.18. The third-order valence-electron chi connectivity index (χ3n) is 2.75. The minimum Gasteiger partial charge on any atom is -0.285 e. The standard InChI is InChI=1S/C12H17FO3S/c1-2-10-3-5-11(6-4-10)9-12(7-8-13)17(14,15)16/h3-6,12H,2,7-9H2,1H3,(H,14,15,16). The average Bonchev–Trinajstić information content (AvgIpc) is 2.28. The molecule has 0 aliphatic rings. The van der Waals surface area contributed by atoms with Crippen LogP contribution in [0.15, 0.2) is 24.3 Å². The summed E-state index contributed by atoms with van der Waals surface area (Å²) >= 11 is 0. The Bertz CT molecular complexity index is 439. The van der Waals surface area contributed by atoms with E-state index in [1.54, 1.807) is 0 Å². The molecule has 0 aliphatic heterocycles. The van der Waals surface area contributed by atoms with Crippen LogP contribution in [0.3, 0.4) is 0 Å². The summed E-state index contributed by atoms with van der Waals surface area (Å²) in [7, 11) is -4.18. The van der Waals surface area contributed by atoms with Gasteiger partial charge in [0, 0.05) is 0 Å². The zero-order chi connectivity index (χ0) is 12.9. The second kappa shape index (κ2) is 6.12. The van der Waals surface area contributed by atoms with E-state index < -0.39 is 22.0 Å². The first-order valence-electron chi connectivity index (χ1n) is 5.57. The van der Waals surface area contributed by atoms with Gasteiger partial charge in [-0.05, 0) is 30.4 Å². The second-order valence-electron chi connectivity index (χ2n) is 3.99. The average molecular weight is 260 g/mol. The molecule has 0 spiro atoms. The molecule has 0 fully saturated rings. The number of hydrogen-bond acceptors (Lipinski definition) is 2. The van der Waals surface area contributed by atoms with E-state index >= 15 is 0 Å². The molecular weight excluding hydrogens is 243 g/mol. The van der Waals surface area contributed by atoms with Gasteiger partial charge >= 0.3 is 0 Å². The lowest BCUT2D eigenvalue weighted by atomic mass is 10.1. The van der Waals surface area contributed by atoms with Crippen LogP contribution >= 0.6 is 0 Å². The summed E-state index contributed by atoms with van der Waals surface area (Å²) in [5.74, 6) is 0. The van der Waals surface area contributed by atoms with Crippen LogP contribution in [-0.4, -0.2) is 24.9 Å². The van der Waals surface area contributed by atoms with Gasteiger partial charge in [0.1, 0.15) is 0 Å². The molecular formula is C12H17FO3S. The second-order valence-corrected chi connectivity index (χ2v) is 5.69. The first-order valence-corrected chi connectivity index (χ1v) is 7.07. The smallest absolute Gasteiger partial charge is 0.268 e. The number of hydrogen-bond donors (Lipinski definition) is 1. The molecule has 0 aromatic heterocycles. The monoisotopic (exact) mass is 260 g/mol. The Kier molecular flexibility index (Phi) is 5.08. The Labute approximate surface area is 101 Å². The van der Waals surface area contributed by atoms with Crippen molar-refractivity contribution in [2.45, 2.75) is 31.4 Å². The van der Waals surface area contributed by atoms with Crippen LogP contribution < -0.4 is 0 Å². The van der Waals surface area contributed by atoms with Crippen molar-refractivity contribution in [2.24, 2.45) is 0 Å². The van der Waals surface area contributed by atoms with Crippen molar-refractivity contribution in [3.63, 3.8) is 0 Å². The quantitative estimate of drug-likeness (QED) is 0.799. The third kappa shape index (κ3) is 4.44. The zero-order valence-electron chi connectivity index (χ0n) is 9.77. The van der Waals surface area contributed by atoms with Crippen LogP contribution in [0.25, 0.3) is 0 Å². The fourth-order valence-electron chi connectivity index (χ4n) is 1.65. The van der Waals surface area contributed by atoms with Crippen molar-refractivity contribution in [3.8, 4) is 0 Å². The van der Waals surface area contributed by atoms with Crippen LogP contribution in [0.2, 0.25) is 0 Å². The molecule has 1 atom stereocenters.